The van der Waals surface area contributed by atoms with Gasteiger partial charge in [-0.3, -0.25) is 4.72 Å². The number of para-hydroxylation sites is 1. The van der Waals surface area contributed by atoms with Crippen molar-refractivity contribution >= 4 is 38.9 Å². The van der Waals surface area contributed by atoms with Crippen LogP contribution in [0.5, 0.6) is 0 Å². The van der Waals surface area contributed by atoms with Crippen LogP contribution in [0.4, 0.5) is 18.9 Å². The van der Waals surface area contributed by atoms with E-state index >= 15 is 0 Å². The van der Waals surface area contributed by atoms with Gasteiger partial charge in [-0.2, -0.15) is 13.2 Å². The molecule has 0 aliphatic carbocycles. The summed E-state index contributed by atoms with van der Waals surface area (Å²) in [6, 6.07) is 17.4. The number of hydrogen-bond donors (Lipinski definition) is 2. The van der Waals surface area contributed by atoms with Crippen molar-refractivity contribution in [2.24, 2.45) is 0 Å². The number of halogens is 3. The number of nitrogens with one attached hydrogen (secondary N) is 2. The zero-order chi connectivity index (χ0) is 22.9. The van der Waals surface area contributed by atoms with Crippen molar-refractivity contribution in [1.82, 2.24) is 9.97 Å². The SMILES string of the molecule is CS(=O)(=O)Nc1ccccc1-c1ccc2[nH]c(C=Cc3ccc(C(F)(F)F)cc3)nc2c1. The third-order valence-electron chi connectivity index (χ3n) is 4.71. The summed E-state index contributed by atoms with van der Waals surface area (Å²) in [6.45, 7) is 0. The van der Waals surface area contributed by atoms with Gasteiger partial charge in [-0.15, -0.1) is 0 Å². The number of benzene rings is 3. The fourth-order valence-electron chi connectivity index (χ4n) is 3.25. The van der Waals surface area contributed by atoms with Crippen molar-refractivity contribution in [2.75, 3.05) is 11.0 Å². The second kappa shape index (κ2) is 8.16. The van der Waals surface area contributed by atoms with E-state index in [-0.39, 0.29) is 0 Å². The van der Waals surface area contributed by atoms with Crippen LogP contribution in [0.25, 0.3) is 34.3 Å². The predicted octanol–water partition coefficient (Wildman–Crippen LogP) is 5.79. The Kier molecular flexibility index (Phi) is 5.52. The number of imidazole rings is 1. The highest BCUT2D eigenvalue weighted by atomic mass is 32.2. The molecule has 9 heteroatoms. The molecule has 0 bridgehead atoms. The number of sulfonamides is 1. The van der Waals surface area contributed by atoms with Crippen molar-refractivity contribution < 1.29 is 21.6 Å². The largest absolute Gasteiger partial charge is 0.416 e. The number of rotatable bonds is 5. The molecule has 0 radical (unpaired) electrons. The highest BCUT2D eigenvalue weighted by Crippen LogP contribution is 2.31. The van der Waals surface area contributed by atoms with Crippen LogP contribution < -0.4 is 4.72 Å². The van der Waals surface area contributed by atoms with Crippen LogP contribution in [-0.2, 0) is 16.2 Å². The molecule has 2 N–H and O–H groups in total. The number of alkyl halides is 3. The summed E-state index contributed by atoms with van der Waals surface area (Å²) in [5.74, 6) is 0.541. The van der Waals surface area contributed by atoms with Gasteiger partial charge in [0.25, 0.3) is 0 Å². The third kappa shape index (κ3) is 5.00. The average Bonchev–Trinajstić information content (AvgIpc) is 3.13. The summed E-state index contributed by atoms with van der Waals surface area (Å²) in [6.07, 6.45) is 0.0790. The second-order valence-electron chi connectivity index (χ2n) is 7.23. The lowest BCUT2D eigenvalue weighted by Gasteiger charge is -2.10. The first-order valence-corrected chi connectivity index (χ1v) is 11.4. The average molecular weight is 457 g/mol. The molecule has 0 unspecified atom stereocenters. The van der Waals surface area contributed by atoms with Crippen LogP contribution in [0.1, 0.15) is 17.0 Å². The fourth-order valence-corrected chi connectivity index (χ4v) is 3.83. The van der Waals surface area contributed by atoms with Crippen molar-refractivity contribution in [3.63, 3.8) is 0 Å². The summed E-state index contributed by atoms with van der Waals surface area (Å²) >= 11 is 0. The van der Waals surface area contributed by atoms with Crippen LogP contribution in [0.15, 0.2) is 66.7 Å². The van der Waals surface area contributed by atoms with E-state index in [0.717, 1.165) is 29.5 Å². The Morgan fingerprint density at radius 1 is 0.969 bits per heavy atom. The molecule has 3 aromatic carbocycles. The number of hydrogen-bond acceptors (Lipinski definition) is 3. The molecular weight excluding hydrogens is 439 g/mol. The predicted molar refractivity (Wildman–Crippen MR) is 120 cm³/mol. The maximum absolute atomic E-state index is 12.7. The van der Waals surface area contributed by atoms with Gasteiger partial charge in [-0.05, 0) is 47.5 Å². The summed E-state index contributed by atoms with van der Waals surface area (Å²) in [5.41, 5.74) is 3.32. The molecule has 0 aliphatic heterocycles. The molecule has 0 fully saturated rings. The number of fused-ring (bicyclic) bond motifs is 1. The molecule has 32 heavy (non-hydrogen) atoms. The van der Waals surface area contributed by atoms with Gasteiger partial charge in [0.1, 0.15) is 5.82 Å². The van der Waals surface area contributed by atoms with E-state index in [4.69, 9.17) is 0 Å². The molecule has 5 nitrogen and oxygen atoms in total. The topological polar surface area (TPSA) is 74.8 Å². The van der Waals surface area contributed by atoms with Gasteiger partial charge in [0.2, 0.25) is 10.0 Å². The summed E-state index contributed by atoms with van der Waals surface area (Å²) in [4.78, 5) is 7.66. The van der Waals surface area contributed by atoms with Crippen LogP contribution in [0, 0.1) is 0 Å². The van der Waals surface area contributed by atoms with Crippen molar-refractivity contribution in [3.05, 3.63) is 83.7 Å². The van der Waals surface area contributed by atoms with Crippen molar-refractivity contribution in [2.45, 2.75) is 6.18 Å². The van der Waals surface area contributed by atoms with E-state index in [9.17, 15) is 21.6 Å². The molecular formula is C23H18F3N3O2S. The van der Waals surface area contributed by atoms with E-state index in [0.29, 0.717) is 28.2 Å². The molecule has 4 aromatic rings. The van der Waals surface area contributed by atoms with E-state index < -0.39 is 21.8 Å². The van der Waals surface area contributed by atoms with Crippen LogP contribution >= 0.6 is 0 Å². The summed E-state index contributed by atoms with van der Waals surface area (Å²) < 4.78 is 63.9. The molecule has 164 valence electrons. The molecule has 0 spiro atoms. The molecule has 0 amide bonds. The minimum atomic E-state index is -4.37. The normalized spacial score (nSPS) is 12.5. The van der Waals surface area contributed by atoms with Crippen molar-refractivity contribution in [3.8, 4) is 11.1 Å². The Hall–Kier alpha value is -3.59. The minimum Gasteiger partial charge on any atom is -0.338 e. The Morgan fingerprint density at radius 3 is 2.38 bits per heavy atom. The maximum Gasteiger partial charge on any atom is 0.416 e. The lowest BCUT2D eigenvalue weighted by atomic mass is 10.0. The minimum absolute atomic E-state index is 0.465. The van der Waals surface area contributed by atoms with Crippen LogP contribution in [-0.4, -0.2) is 24.6 Å². The Bertz CT molecular complexity index is 1410. The molecule has 4 rings (SSSR count). The molecule has 0 atom stereocenters. The van der Waals surface area contributed by atoms with Gasteiger partial charge in [-0.1, -0.05) is 42.5 Å². The van der Waals surface area contributed by atoms with E-state index in [1.54, 1.807) is 24.3 Å². The van der Waals surface area contributed by atoms with E-state index in [2.05, 4.69) is 14.7 Å². The van der Waals surface area contributed by atoms with E-state index in [1.807, 2.05) is 30.3 Å². The Morgan fingerprint density at radius 2 is 1.69 bits per heavy atom. The van der Waals surface area contributed by atoms with E-state index in [1.165, 1.54) is 12.1 Å². The zero-order valence-corrected chi connectivity index (χ0v) is 17.6. The smallest absolute Gasteiger partial charge is 0.338 e. The lowest BCUT2D eigenvalue weighted by Crippen LogP contribution is -2.10. The van der Waals surface area contributed by atoms with Gasteiger partial charge in [0.05, 0.1) is 28.5 Å². The monoisotopic (exact) mass is 457 g/mol. The lowest BCUT2D eigenvalue weighted by molar-refractivity contribution is -0.137. The third-order valence-corrected chi connectivity index (χ3v) is 5.30. The quantitative estimate of drug-likeness (QED) is 0.398. The Labute approximate surface area is 182 Å². The molecule has 1 aromatic heterocycles. The molecule has 0 saturated carbocycles. The Balaban J connectivity index is 1.61. The van der Waals surface area contributed by atoms with Gasteiger partial charge in [0, 0.05) is 5.56 Å². The number of aromatic nitrogens is 2. The highest BCUT2D eigenvalue weighted by Gasteiger charge is 2.29. The van der Waals surface area contributed by atoms with Gasteiger partial charge in [-0.25, -0.2) is 13.4 Å². The number of H-pyrrole nitrogens is 1. The molecule has 0 saturated heterocycles. The first-order chi connectivity index (χ1) is 15.1. The molecule has 1 heterocycles. The first-order valence-electron chi connectivity index (χ1n) is 9.51. The van der Waals surface area contributed by atoms with Gasteiger partial charge < -0.3 is 4.98 Å². The van der Waals surface area contributed by atoms with Gasteiger partial charge >= 0.3 is 6.18 Å². The second-order valence-corrected chi connectivity index (χ2v) is 8.98. The first kappa shape index (κ1) is 21.6. The number of aromatic amines is 1. The summed E-state index contributed by atoms with van der Waals surface area (Å²) in [7, 11) is -3.43. The highest BCUT2D eigenvalue weighted by molar-refractivity contribution is 7.92. The van der Waals surface area contributed by atoms with Crippen LogP contribution in [0.3, 0.4) is 0 Å². The zero-order valence-electron chi connectivity index (χ0n) is 16.8. The van der Waals surface area contributed by atoms with Gasteiger partial charge in [0.15, 0.2) is 0 Å². The van der Waals surface area contributed by atoms with Crippen LogP contribution in [0.2, 0.25) is 0 Å². The van der Waals surface area contributed by atoms with Crippen molar-refractivity contribution in [1.29, 1.82) is 0 Å². The fraction of sp³-hybridized carbons (Fsp3) is 0.0870. The maximum atomic E-state index is 12.7. The number of anilines is 1. The molecule has 0 aliphatic rings. The standard InChI is InChI=1S/C23H18F3N3O2S/c1-32(30,31)29-19-5-3-2-4-18(19)16-9-12-20-21(14-16)28-22(27-20)13-8-15-6-10-17(11-7-15)23(24,25)26/h2-14,29H,1H3,(H,27,28). The summed E-state index contributed by atoms with van der Waals surface area (Å²) in [5, 5.41) is 0. The number of nitrogens with zero attached hydrogens (tertiary/aromatic N) is 1.